The zero-order valence-corrected chi connectivity index (χ0v) is 31.8. The highest BCUT2D eigenvalue weighted by Gasteiger charge is 2.52. The lowest BCUT2D eigenvalue weighted by molar-refractivity contribution is -0.136. The Kier molecular flexibility index (Phi) is 8.50. The molecule has 7 amide bonds. The number of nitrogens with two attached hydrogens (primary N) is 1. The van der Waals surface area contributed by atoms with Crippen LogP contribution < -0.4 is 31.1 Å². The van der Waals surface area contributed by atoms with Gasteiger partial charge in [0.15, 0.2) is 11.5 Å². The summed E-state index contributed by atoms with van der Waals surface area (Å²) in [5.74, 6) is -1.86. The molecule has 0 bridgehead atoms. The van der Waals surface area contributed by atoms with Gasteiger partial charge >= 0.3 is 6.03 Å². The summed E-state index contributed by atoms with van der Waals surface area (Å²) >= 11 is 0. The number of nitrogens with one attached hydrogen (secondary N) is 2. The number of imide groups is 2. The van der Waals surface area contributed by atoms with Gasteiger partial charge in [0.05, 0.1) is 42.6 Å². The Balaban J connectivity index is 0.754. The fraction of sp³-hybridized carbons (Fsp3) is 0.450. The number of piperidine rings is 2. The van der Waals surface area contributed by atoms with Crippen LogP contribution in [-0.4, -0.2) is 144 Å². The predicted octanol–water partition coefficient (Wildman–Crippen LogP) is 1.15. The minimum atomic E-state index is -0.994. The highest BCUT2D eigenvalue weighted by Crippen LogP contribution is 2.45. The number of fused-ring (bicyclic) bond motifs is 1. The molecule has 2 aromatic carbocycles. The number of hydrogen-bond donors (Lipinski definition) is 3. The van der Waals surface area contributed by atoms with Crippen LogP contribution in [0.3, 0.4) is 0 Å². The molecule has 18 nitrogen and oxygen atoms in total. The first-order valence-electron chi connectivity index (χ1n) is 19.8. The normalized spacial score (nSPS) is 24.2. The van der Waals surface area contributed by atoms with E-state index in [9.17, 15) is 28.8 Å². The molecule has 2 atom stereocenters. The molecule has 3 aromatic rings. The van der Waals surface area contributed by atoms with Crippen molar-refractivity contribution in [2.24, 2.45) is 11.1 Å². The zero-order chi connectivity index (χ0) is 39.9. The minimum absolute atomic E-state index is 0.0414. The number of urea groups is 1. The Morgan fingerprint density at radius 3 is 2.21 bits per heavy atom. The summed E-state index contributed by atoms with van der Waals surface area (Å²) in [4.78, 5) is 96.8. The Bertz CT molecular complexity index is 2250. The Morgan fingerprint density at radius 2 is 1.52 bits per heavy atom. The fourth-order valence-corrected chi connectivity index (χ4v) is 9.51. The number of anilines is 5. The smallest absolute Gasteiger partial charge is 0.320 e. The van der Waals surface area contributed by atoms with Gasteiger partial charge in [-0.1, -0.05) is 0 Å². The third-order valence-electron chi connectivity index (χ3n) is 12.7. The molecular formula is C40H43N11O7. The molecule has 8 heterocycles. The maximum Gasteiger partial charge on any atom is 0.320 e. The Hall–Kier alpha value is -6.30. The second-order valence-corrected chi connectivity index (χ2v) is 16.5. The molecule has 1 aromatic heterocycles. The lowest BCUT2D eigenvalue weighted by Crippen LogP contribution is -2.72. The van der Waals surface area contributed by atoms with Crippen molar-refractivity contribution in [1.29, 1.82) is 0 Å². The van der Waals surface area contributed by atoms with Gasteiger partial charge in [0, 0.05) is 81.3 Å². The van der Waals surface area contributed by atoms with Crippen molar-refractivity contribution in [2.75, 3.05) is 85.6 Å². The maximum absolute atomic E-state index is 13.3. The number of aromatic nitrogens is 2. The van der Waals surface area contributed by atoms with Crippen molar-refractivity contribution < 1.29 is 33.5 Å². The molecule has 300 valence electrons. The highest BCUT2D eigenvalue weighted by atomic mass is 16.5. The lowest BCUT2D eigenvalue weighted by atomic mass is 9.72. The van der Waals surface area contributed by atoms with Crippen molar-refractivity contribution in [2.45, 2.75) is 43.8 Å². The molecule has 4 N–H and O–H groups in total. The lowest BCUT2D eigenvalue weighted by Gasteiger charge is -2.61. The van der Waals surface area contributed by atoms with Crippen molar-refractivity contribution >= 4 is 64.3 Å². The van der Waals surface area contributed by atoms with Crippen molar-refractivity contribution in [3.63, 3.8) is 0 Å². The van der Waals surface area contributed by atoms with Crippen molar-refractivity contribution in [3.05, 3.63) is 65.5 Å². The van der Waals surface area contributed by atoms with E-state index in [-0.39, 0.29) is 59.0 Å². The van der Waals surface area contributed by atoms with Crippen LogP contribution in [0.2, 0.25) is 0 Å². The second-order valence-electron chi connectivity index (χ2n) is 16.5. The average molecular weight is 790 g/mol. The van der Waals surface area contributed by atoms with Gasteiger partial charge in [0.25, 0.3) is 17.7 Å². The van der Waals surface area contributed by atoms with Gasteiger partial charge in [-0.15, -0.1) is 0 Å². The number of benzene rings is 2. The molecule has 0 saturated carbocycles. The molecule has 7 aliphatic rings. The van der Waals surface area contributed by atoms with Crippen LogP contribution in [0.4, 0.5) is 33.5 Å². The first kappa shape index (κ1) is 36.1. The average Bonchev–Trinajstić information content (AvgIpc) is 3.65. The monoisotopic (exact) mass is 789 g/mol. The second kappa shape index (κ2) is 13.7. The third-order valence-corrected chi connectivity index (χ3v) is 12.7. The SMILES string of the molecule is NC(=O)c1ncc(N2CCCC(N3CCN(C4COC4)C3=O)C2)nc1Nc1ccc(N2CC3(C2)CN(c2ccc4c(c2)C(=O)N(C2CCC(=O)NC2=O)C4=O)C3)cc1. The van der Waals surface area contributed by atoms with Gasteiger partial charge in [0.1, 0.15) is 11.9 Å². The molecule has 2 unspecified atom stereocenters. The standard InChI is InChI=1S/C40H43N11O7/c41-34(53)33-35(44-31(15-42-33)46-11-1-2-26(16-46)49-12-13-50(39(49)57)27-17-58-18-27)43-23-3-5-24(6-4-23)47-19-40(20-47)21-48(22-40)25-7-8-28-29(14-25)38(56)51(37(28)55)30-9-10-32(52)45-36(30)54/h3-8,14-15,26-27,30H,1-2,9-13,16-22H2,(H2,41,53)(H,43,44)(H,45,52,54). The zero-order valence-electron chi connectivity index (χ0n) is 31.8. The van der Waals surface area contributed by atoms with Crippen LogP contribution in [0.5, 0.6) is 0 Å². The van der Waals surface area contributed by atoms with E-state index in [4.69, 9.17) is 15.5 Å². The summed E-state index contributed by atoms with van der Waals surface area (Å²) in [5.41, 5.74) is 9.03. The van der Waals surface area contributed by atoms with Crippen LogP contribution in [0.25, 0.3) is 0 Å². The van der Waals surface area contributed by atoms with Crippen LogP contribution in [0, 0.1) is 5.41 Å². The Morgan fingerprint density at radius 1 is 0.828 bits per heavy atom. The highest BCUT2D eigenvalue weighted by molar-refractivity contribution is 6.23. The van der Waals surface area contributed by atoms with Crippen LogP contribution in [0.1, 0.15) is 56.9 Å². The van der Waals surface area contributed by atoms with E-state index < -0.39 is 35.6 Å². The maximum atomic E-state index is 13.3. The van der Waals surface area contributed by atoms with E-state index in [0.29, 0.717) is 38.7 Å². The number of nitrogens with zero attached hydrogens (tertiary/aromatic N) is 8. The number of hydrogen-bond acceptors (Lipinski definition) is 13. The van der Waals surface area contributed by atoms with Gasteiger partial charge in [0.2, 0.25) is 11.8 Å². The van der Waals surface area contributed by atoms with Crippen molar-refractivity contribution in [3.8, 4) is 0 Å². The first-order chi connectivity index (χ1) is 28.0. The topological polar surface area (TPSA) is 207 Å². The quantitative estimate of drug-likeness (QED) is 0.261. The molecule has 0 aliphatic carbocycles. The molecule has 0 radical (unpaired) electrons. The number of carbonyl (C=O) groups is 6. The summed E-state index contributed by atoms with van der Waals surface area (Å²) in [6.45, 7) is 7.28. The van der Waals surface area contributed by atoms with Gasteiger partial charge in [-0.25, -0.2) is 14.8 Å². The molecule has 6 saturated heterocycles. The summed E-state index contributed by atoms with van der Waals surface area (Å²) in [6.07, 6.45) is 3.57. The molecular weight excluding hydrogens is 747 g/mol. The Labute approximate surface area is 333 Å². The van der Waals surface area contributed by atoms with Crippen molar-refractivity contribution in [1.82, 2.24) is 30.0 Å². The minimum Gasteiger partial charge on any atom is -0.377 e. The summed E-state index contributed by atoms with van der Waals surface area (Å²) in [7, 11) is 0. The predicted molar refractivity (Wildman–Crippen MR) is 209 cm³/mol. The van der Waals surface area contributed by atoms with Gasteiger partial charge in [-0.05, 0) is 61.7 Å². The summed E-state index contributed by atoms with van der Waals surface area (Å²) < 4.78 is 5.31. The molecule has 58 heavy (non-hydrogen) atoms. The molecule has 7 aliphatic heterocycles. The largest absolute Gasteiger partial charge is 0.377 e. The van der Waals surface area contributed by atoms with Gasteiger partial charge < -0.3 is 40.3 Å². The van der Waals surface area contributed by atoms with Gasteiger partial charge in [-0.3, -0.25) is 34.2 Å². The fourth-order valence-electron chi connectivity index (χ4n) is 9.51. The summed E-state index contributed by atoms with van der Waals surface area (Å²) in [5, 5.41) is 5.49. The van der Waals surface area contributed by atoms with E-state index in [1.807, 2.05) is 40.1 Å². The van der Waals surface area contributed by atoms with Crippen LogP contribution >= 0.6 is 0 Å². The number of amides is 7. The molecule has 1 spiro atoms. The van der Waals surface area contributed by atoms with Gasteiger partial charge in [-0.2, -0.15) is 0 Å². The van der Waals surface area contributed by atoms with E-state index in [1.54, 1.807) is 18.3 Å². The number of rotatable bonds is 9. The van der Waals surface area contributed by atoms with E-state index in [1.165, 1.54) is 0 Å². The van der Waals surface area contributed by atoms with Crippen LogP contribution in [-0.2, 0) is 14.3 Å². The van der Waals surface area contributed by atoms with Crippen LogP contribution in [0.15, 0.2) is 48.7 Å². The number of ether oxygens (including phenoxy) is 1. The third kappa shape index (κ3) is 6.04. The van der Waals surface area contributed by atoms with E-state index in [2.05, 4.69) is 30.3 Å². The summed E-state index contributed by atoms with van der Waals surface area (Å²) in [6, 6.07) is 12.4. The number of carbonyl (C=O) groups excluding carboxylic acids is 6. The molecule has 10 rings (SSSR count). The van der Waals surface area contributed by atoms with E-state index in [0.717, 1.165) is 67.5 Å². The van der Waals surface area contributed by atoms with E-state index >= 15 is 0 Å². The molecule has 6 fully saturated rings. The number of primary amides is 1. The molecule has 18 heteroatoms. The first-order valence-corrected chi connectivity index (χ1v) is 19.8.